The Kier molecular flexibility index (Phi) is 7.62. The first-order chi connectivity index (χ1) is 18.0. The van der Waals surface area contributed by atoms with Crippen LogP contribution in [0.4, 0.5) is 5.69 Å². The van der Waals surface area contributed by atoms with Crippen LogP contribution in [0.25, 0.3) is 11.3 Å². The van der Waals surface area contributed by atoms with Crippen LogP contribution in [-0.2, 0) is 16.1 Å². The number of carbonyl (C=O) groups is 2. The number of amides is 2. The van der Waals surface area contributed by atoms with Crippen molar-refractivity contribution in [3.05, 3.63) is 65.1 Å². The largest absolute Gasteiger partial charge is 0.381 e. The molecule has 2 amide bonds. The van der Waals surface area contributed by atoms with Crippen LogP contribution in [0.15, 0.2) is 42.7 Å². The van der Waals surface area contributed by atoms with E-state index in [2.05, 4.69) is 20.3 Å². The number of nitrogens with one attached hydrogen (secondary N) is 1. The van der Waals surface area contributed by atoms with Crippen molar-refractivity contribution in [2.75, 3.05) is 44.7 Å². The first kappa shape index (κ1) is 25.1. The molecule has 37 heavy (non-hydrogen) atoms. The molecule has 0 bridgehead atoms. The van der Waals surface area contributed by atoms with Crippen molar-refractivity contribution in [3.63, 3.8) is 0 Å². The van der Waals surface area contributed by atoms with Crippen molar-refractivity contribution in [3.8, 4) is 11.3 Å². The van der Waals surface area contributed by atoms with Gasteiger partial charge in [-0.3, -0.25) is 24.2 Å². The van der Waals surface area contributed by atoms with Gasteiger partial charge in [0.25, 0.3) is 5.91 Å². The van der Waals surface area contributed by atoms with Crippen molar-refractivity contribution in [2.24, 2.45) is 0 Å². The third-order valence-corrected chi connectivity index (χ3v) is 7.35. The summed E-state index contributed by atoms with van der Waals surface area (Å²) in [5, 5.41) is 7.54. The lowest BCUT2D eigenvalue weighted by Crippen LogP contribution is -2.48. The number of anilines is 1. The van der Waals surface area contributed by atoms with Crippen LogP contribution in [0.5, 0.6) is 0 Å². The number of aromatic nitrogens is 3. The van der Waals surface area contributed by atoms with Crippen molar-refractivity contribution < 1.29 is 14.3 Å². The molecule has 0 radical (unpaired) electrons. The van der Waals surface area contributed by atoms with Gasteiger partial charge in [0.05, 0.1) is 29.3 Å². The summed E-state index contributed by atoms with van der Waals surface area (Å²) >= 11 is 0. The monoisotopic (exact) mass is 502 g/mol. The summed E-state index contributed by atoms with van der Waals surface area (Å²) in [6, 6.07) is 10.0. The third kappa shape index (κ3) is 5.42. The van der Waals surface area contributed by atoms with Crippen molar-refractivity contribution in [1.29, 1.82) is 0 Å². The lowest BCUT2D eigenvalue weighted by Gasteiger charge is -2.35. The lowest BCUT2D eigenvalue weighted by molar-refractivity contribution is -0.105. The average molecular weight is 503 g/mol. The molecule has 9 nitrogen and oxygen atoms in total. The Morgan fingerprint density at radius 1 is 1.11 bits per heavy atom. The van der Waals surface area contributed by atoms with E-state index in [4.69, 9.17) is 4.74 Å². The molecule has 9 heteroatoms. The van der Waals surface area contributed by atoms with Gasteiger partial charge in [-0.25, -0.2) is 0 Å². The lowest BCUT2D eigenvalue weighted by atomic mass is 9.97. The number of aryl methyl sites for hydroxylation is 2. The predicted octanol–water partition coefficient (Wildman–Crippen LogP) is 3.44. The maximum atomic E-state index is 13.7. The molecule has 194 valence electrons. The highest BCUT2D eigenvalue weighted by Gasteiger charge is 2.27. The summed E-state index contributed by atoms with van der Waals surface area (Å²) < 4.78 is 7.60. The molecule has 0 unspecified atom stereocenters. The zero-order valence-corrected chi connectivity index (χ0v) is 21.5. The van der Waals surface area contributed by atoms with E-state index < -0.39 is 0 Å². The van der Waals surface area contributed by atoms with Crippen LogP contribution in [0, 0.1) is 13.8 Å². The Hall–Kier alpha value is -3.56. The number of benzene rings is 1. The summed E-state index contributed by atoms with van der Waals surface area (Å²) in [5.41, 5.74) is 5.97. The first-order valence-corrected chi connectivity index (χ1v) is 12.9. The second-order valence-electron chi connectivity index (χ2n) is 9.83. The molecule has 3 aromatic rings. The van der Waals surface area contributed by atoms with E-state index >= 15 is 0 Å². The van der Waals surface area contributed by atoms with Gasteiger partial charge in [-0.1, -0.05) is 6.07 Å². The zero-order chi connectivity index (χ0) is 25.8. The molecule has 1 N–H and O–H groups in total. The van der Waals surface area contributed by atoms with Crippen LogP contribution in [0.1, 0.15) is 46.1 Å². The number of nitrogens with zero attached hydrogens (tertiary/aromatic N) is 5. The maximum absolute atomic E-state index is 13.7. The van der Waals surface area contributed by atoms with Crippen LogP contribution >= 0.6 is 0 Å². The third-order valence-electron chi connectivity index (χ3n) is 7.35. The SMILES string of the molecule is Cc1cc(NC=O)c(-c2c(C)cnn2C2CCOCC2)cc1C(=O)N1CCN(Cc2ccccn2)CC1. The number of hydrogen-bond acceptors (Lipinski definition) is 6. The number of hydrogen-bond donors (Lipinski definition) is 1. The number of piperazine rings is 1. The van der Waals surface area contributed by atoms with Crippen LogP contribution < -0.4 is 5.32 Å². The summed E-state index contributed by atoms with van der Waals surface area (Å²) in [6.07, 6.45) is 6.12. The van der Waals surface area contributed by atoms with Crippen LogP contribution in [0.3, 0.4) is 0 Å². The molecule has 2 saturated heterocycles. The number of rotatable bonds is 7. The first-order valence-electron chi connectivity index (χ1n) is 12.9. The topological polar surface area (TPSA) is 92.6 Å². The highest BCUT2D eigenvalue weighted by atomic mass is 16.5. The van der Waals surface area contributed by atoms with Crippen LogP contribution in [-0.4, -0.2) is 76.3 Å². The molecular weight excluding hydrogens is 468 g/mol. The molecule has 4 heterocycles. The predicted molar refractivity (Wildman–Crippen MR) is 141 cm³/mol. The van der Waals surface area contributed by atoms with Crippen molar-refractivity contribution in [2.45, 2.75) is 39.3 Å². The van der Waals surface area contributed by atoms with E-state index in [1.807, 2.05) is 66.2 Å². The molecule has 5 rings (SSSR count). The van der Waals surface area contributed by atoms with E-state index in [0.29, 0.717) is 44.0 Å². The molecule has 2 fully saturated rings. The summed E-state index contributed by atoms with van der Waals surface area (Å²) in [6.45, 7) is 9.05. The molecule has 2 aromatic heterocycles. The van der Waals surface area contributed by atoms with Crippen molar-refractivity contribution >= 4 is 18.0 Å². The van der Waals surface area contributed by atoms with Crippen molar-refractivity contribution in [1.82, 2.24) is 24.6 Å². The maximum Gasteiger partial charge on any atom is 0.254 e. The smallest absolute Gasteiger partial charge is 0.254 e. The molecule has 1 aromatic carbocycles. The van der Waals surface area contributed by atoms with E-state index in [0.717, 1.165) is 60.6 Å². The van der Waals surface area contributed by atoms with Gasteiger partial charge in [-0.15, -0.1) is 0 Å². The van der Waals surface area contributed by atoms with Gasteiger partial charge in [-0.05, 0) is 62.1 Å². The minimum atomic E-state index is 0.0173. The van der Waals surface area contributed by atoms with Gasteiger partial charge in [0.15, 0.2) is 0 Å². The highest BCUT2D eigenvalue weighted by Crippen LogP contribution is 2.36. The Labute approximate surface area is 217 Å². The van der Waals surface area contributed by atoms with Gasteiger partial charge in [0.1, 0.15) is 0 Å². The van der Waals surface area contributed by atoms with Gasteiger partial charge < -0.3 is 15.0 Å². The van der Waals surface area contributed by atoms with E-state index in [1.54, 1.807) is 0 Å². The zero-order valence-electron chi connectivity index (χ0n) is 21.5. The second kappa shape index (κ2) is 11.2. The number of carbonyl (C=O) groups excluding carboxylic acids is 2. The summed E-state index contributed by atoms with van der Waals surface area (Å²) in [5.74, 6) is 0.0173. The highest BCUT2D eigenvalue weighted by molar-refractivity contribution is 5.99. The fourth-order valence-corrected chi connectivity index (χ4v) is 5.31. The summed E-state index contributed by atoms with van der Waals surface area (Å²) in [7, 11) is 0. The Bertz CT molecular complexity index is 1240. The number of ether oxygens (including phenoxy) is 1. The molecule has 2 aliphatic heterocycles. The molecule has 2 aliphatic rings. The normalized spacial score (nSPS) is 17.1. The Balaban J connectivity index is 1.40. The fourth-order valence-electron chi connectivity index (χ4n) is 5.31. The van der Waals surface area contributed by atoms with Gasteiger partial charge in [0.2, 0.25) is 6.41 Å². The molecule has 0 saturated carbocycles. The second-order valence-corrected chi connectivity index (χ2v) is 9.83. The standard InChI is InChI=1S/C28H34N6O3/c1-20-15-26(30-19-35)25(27-21(2)17-31-34(27)23-6-13-37-14-7-23)16-24(20)28(36)33-11-9-32(10-12-33)18-22-5-3-4-8-29-22/h3-5,8,15-17,19,23H,6-7,9-14,18H2,1-2H3,(H,30,35). The van der Waals surface area contributed by atoms with E-state index in [1.165, 1.54) is 0 Å². The minimum absolute atomic E-state index is 0.0173. The average Bonchev–Trinajstić information content (AvgIpc) is 3.31. The Morgan fingerprint density at radius 3 is 2.59 bits per heavy atom. The fraction of sp³-hybridized carbons (Fsp3) is 0.429. The Morgan fingerprint density at radius 2 is 1.89 bits per heavy atom. The molecular formula is C28H34N6O3. The molecule has 0 aliphatic carbocycles. The van der Waals surface area contributed by atoms with E-state index in [9.17, 15) is 9.59 Å². The molecule has 0 spiro atoms. The van der Waals surface area contributed by atoms with E-state index in [-0.39, 0.29) is 11.9 Å². The van der Waals surface area contributed by atoms with Crippen LogP contribution in [0.2, 0.25) is 0 Å². The quantitative estimate of drug-likeness (QED) is 0.498. The number of pyridine rings is 1. The minimum Gasteiger partial charge on any atom is -0.381 e. The van der Waals surface area contributed by atoms with Gasteiger partial charge in [-0.2, -0.15) is 5.10 Å². The van der Waals surface area contributed by atoms with Gasteiger partial charge in [0, 0.05) is 63.3 Å². The van der Waals surface area contributed by atoms with Gasteiger partial charge >= 0.3 is 0 Å². The molecule has 0 atom stereocenters. The summed E-state index contributed by atoms with van der Waals surface area (Å²) in [4.78, 5) is 33.9.